The van der Waals surface area contributed by atoms with Gasteiger partial charge in [-0.2, -0.15) is 0 Å². The van der Waals surface area contributed by atoms with Crippen LogP contribution < -0.4 is 5.32 Å². The maximum absolute atomic E-state index is 4.70. The Morgan fingerprint density at radius 1 is 0.905 bits per heavy atom. The number of hydrogen-bond donors (Lipinski definition) is 1. The Labute approximate surface area is 125 Å². The predicted octanol–water partition coefficient (Wildman–Crippen LogP) is 4.80. The largest absolute Gasteiger partial charge is 0.379 e. The Balaban J connectivity index is 1.77. The number of fused-ring (bicyclic) bond motifs is 1. The van der Waals surface area contributed by atoms with Crippen molar-refractivity contribution in [3.8, 4) is 0 Å². The zero-order valence-electron chi connectivity index (χ0n) is 12.3. The van der Waals surface area contributed by atoms with Crippen LogP contribution in [0.3, 0.4) is 0 Å². The van der Waals surface area contributed by atoms with Gasteiger partial charge in [0.2, 0.25) is 0 Å². The minimum absolute atomic E-state index is 0.756. The number of rotatable bonds is 5. The van der Waals surface area contributed by atoms with Gasteiger partial charge in [0.15, 0.2) is 0 Å². The summed E-state index contributed by atoms with van der Waals surface area (Å²) in [5.41, 5.74) is 4.72. The molecule has 1 N–H and O–H groups in total. The minimum Gasteiger partial charge on any atom is -0.379 e. The first-order chi connectivity index (χ1) is 10.4. The fourth-order valence-corrected chi connectivity index (χ4v) is 2.57. The van der Waals surface area contributed by atoms with Crippen molar-refractivity contribution < 1.29 is 0 Å². The van der Waals surface area contributed by atoms with E-state index in [0.717, 1.165) is 30.6 Å². The molecule has 1 aromatic heterocycles. The molecule has 0 aliphatic rings. The molecule has 0 bridgehead atoms. The number of aromatic nitrogens is 1. The molecule has 2 aromatic carbocycles. The molecule has 3 rings (SSSR count). The van der Waals surface area contributed by atoms with Crippen molar-refractivity contribution >= 4 is 16.6 Å². The monoisotopic (exact) mass is 276 g/mol. The topological polar surface area (TPSA) is 24.9 Å². The highest BCUT2D eigenvalue weighted by Crippen LogP contribution is 2.18. The van der Waals surface area contributed by atoms with Gasteiger partial charge >= 0.3 is 0 Å². The van der Waals surface area contributed by atoms with Crippen LogP contribution in [0, 0.1) is 0 Å². The summed E-state index contributed by atoms with van der Waals surface area (Å²) in [6, 6.07) is 21.0. The van der Waals surface area contributed by atoms with E-state index in [-0.39, 0.29) is 0 Å². The summed E-state index contributed by atoms with van der Waals surface area (Å²) in [5.74, 6) is 0. The van der Waals surface area contributed by atoms with Gasteiger partial charge < -0.3 is 5.32 Å². The fraction of sp³-hybridized carbons (Fsp3) is 0.211. The summed E-state index contributed by atoms with van der Waals surface area (Å²) in [6.45, 7) is 2.97. The molecule has 0 radical (unpaired) electrons. The van der Waals surface area contributed by atoms with Crippen molar-refractivity contribution in [1.29, 1.82) is 0 Å². The molecule has 3 aromatic rings. The Bertz CT molecular complexity index is 734. The molecule has 2 heteroatoms. The van der Waals surface area contributed by atoms with E-state index in [9.17, 15) is 0 Å². The maximum atomic E-state index is 4.70. The van der Waals surface area contributed by atoms with E-state index in [1.165, 1.54) is 16.6 Å². The molecule has 0 unspecified atom stereocenters. The van der Waals surface area contributed by atoms with Crippen molar-refractivity contribution in [2.45, 2.75) is 26.3 Å². The minimum atomic E-state index is 0.756. The van der Waals surface area contributed by atoms with E-state index in [2.05, 4.69) is 60.8 Å². The summed E-state index contributed by atoms with van der Waals surface area (Å²) in [6.07, 6.45) is 2.27. The number of aryl methyl sites for hydroxylation is 1. The Kier molecular flexibility index (Phi) is 4.15. The van der Waals surface area contributed by atoms with E-state index >= 15 is 0 Å². The molecule has 0 spiro atoms. The summed E-state index contributed by atoms with van der Waals surface area (Å²) in [4.78, 5) is 4.70. The van der Waals surface area contributed by atoms with Crippen LogP contribution >= 0.6 is 0 Å². The SMILES string of the molecule is CCCc1ccccc1NCc1ccc2ccccc2n1. The predicted molar refractivity (Wildman–Crippen MR) is 89.5 cm³/mol. The van der Waals surface area contributed by atoms with Crippen LogP contribution in [0.1, 0.15) is 24.6 Å². The normalized spacial score (nSPS) is 10.7. The molecule has 2 nitrogen and oxygen atoms in total. The number of para-hydroxylation sites is 2. The summed E-state index contributed by atoms with van der Waals surface area (Å²) in [5, 5.41) is 4.70. The second kappa shape index (κ2) is 6.40. The smallest absolute Gasteiger partial charge is 0.0706 e. The fourth-order valence-electron chi connectivity index (χ4n) is 2.57. The van der Waals surface area contributed by atoms with E-state index in [1.54, 1.807) is 0 Å². The van der Waals surface area contributed by atoms with Gasteiger partial charge in [-0.05, 0) is 30.2 Å². The Morgan fingerprint density at radius 2 is 1.71 bits per heavy atom. The number of nitrogens with one attached hydrogen (secondary N) is 1. The number of pyridine rings is 1. The third-order valence-corrected chi connectivity index (χ3v) is 3.65. The van der Waals surface area contributed by atoms with Crippen LogP contribution in [0.25, 0.3) is 10.9 Å². The second-order valence-electron chi connectivity index (χ2n) is 5.26. The quantitative estimate of drug-likeness (QED) is 0.724. The van der Waals surface area contributed by atoms with Crippen LogP contribution in [0.15, 0.2) is 60.7 Å². The molecule has 106 valence electrons. The first-order valence-electron chi connectivity index (χ1n) is 7.53. The molecule has 0 fully saturated rings. The highest BCUT2D eigenvalue weighted by molar-refractivity contribution is 5.78. The first kappa shape index (κ1) is 13.6. The molecule has 0 saturated heterocycles. The lowest BCUT2D eigenvalue weighted by Crippen LogP contribution is -2.04. The molecule has 0 aliphatic carbocycles. The first-order valence-corrected chi connectivity index (χ1v) is 7.53. The molecule has 0 amide bonds. The van der Waals surface area contributed by atoms with Crippen molar-refractivity contribution in [2.75, 3.05) is 5.32 Å². The van der Waals surface area contributed by atoms with Gasteiger partial charge in [0.05, 0.1) is 17.8 Å². The molecule has 0 atom stereocenters. The van der Waals surface area contributed by atoms with Crippen LogP contribution in [0.2, 0.25) is 0 Å². The van der Waals surface area contributed by atoms with Crippen LogP contribution in [-0.4, -0.2) is 4.98 Å². The van der Waals surface area contributed by atoms with Gasteiger partial charge in [-0.25, -0.2) is 0 Å². The average Bonchev–Trinajstić information content (AvgIpc) is 2.54. The van der Waals surface area contributed by atoms with Gasteiger partial charge in [0.25, 0.3) is 0 Å². The highest BCUT2D eigenvalue weighted by atomic mass is 14.9. The lowest BCUT2D eigenvalue weighted by molar-refractivity contribution is 0.918. The summed E-state index contributed by atoms with van der Waals surface area (Å²) in [7, 11) is 0. The van der Waals surface area contributed by atoms with Gasteiger partial charge in [0, 0.05) is 11.1 Å². The molecule has 21 heavy (non-hydrogen) atoms. The van der Waals surface area contributed by atoms with Crippen LogP contribution in [0.5, 0.6) is 0 Å². The van der Waals surface area contributed by atoms with Crippen molar-refractivity contribution in [3.63, 3.8) is 0 Å². The number of nitrogens with zero attached hydrogens (tertiary/aromatic N) is 1. The summed E-state index contributed by atoms with van der Waals surface area (Å²) >= 11 is 0. The molecule has 0 saturated carbocycles. The van der Waals surface area contributed by atoms with Gasteiger partial charge in [-0.1, -0.05) is 55.8 Å². The highest BCUT2D eigenvalue weighted by Gasteiger charge is 2.02. The van der Waals surface area contributed by atoms with Crippen molar-refractivity contribution in [1.82, 2.24) is 4.98 Å². The second-order valence-corrected chi connectivity index (χ2v) is 5.26. The molecular formula is C19H20N2. The maximum Gasteiger partial charge on any atom is 0.0706 e. The van der Waals surface area contributed by atoms with Crippen LogP contribution in [-0.2, 0) is 13.0 Å². The van der Waals surface area contributed by atoms with Gasteiger partial charge in [-0.15, -0.1) is 0 Å². The molecule has 1 heterocycles. The molecular weight excluding hydrogens is 256 g/mol. The Morgan fingerprint density at radius 3 is 2.62 bits per heavy atom. The van der Waals surface area contributed by atoms with Gasteiger partial charge in [0.1, 0.15) is 0 Å². The third-order valence-electron chi connectivity index (χ3n) is 3.65. The van der Waals surface area contributed by atoms with E-state index < -0.39 is 0 Å². The van der Waals surface area contributed by atoms with Gasteiger partial charge in [-0.3, -0.25) is 4.98 Å². The van der Waals surface area contributed by atoms with Crippen molar-refractivity contribution in [3.05, 3.63) is 71.9 Å². The number of benzene rings is 2. The lowest BCUT2D eigenvalue weighted by Gasteiger charge is -2.11. The van der Waals surface area contributed by atoms with E-state index in [0.29, 0.717) is 0 Å². The standard InChI is InChI=1S/C19H20N2/c1-2-7-15-8-3-5-10-18(15)20-14-17-13-12-16-9-4-6-11-19(16)21-17/h3-6,8-13,20H,2,7,14H2,1H3. The van der Waals surface area contributed by atoms with E-state index in [4.69, 9.17) is 4.98 Å². The number of hydrogen-bond acceptors (Lipinski definition) is 2. The van der Waals surface area contributed by atoms with E-state index in [1.807, 2.05) is 12.1 Å². The Hall–Kier alpha value is -2.35. The van der Waals surface area contributed by atoms with Crippen LogP contribution in [0.4, 0.5) is 5.69 Å². The van der Waals surface area contributed by atoms with Crippen molar-refractivity contribution in [2.24, 2.45) is 0 Å². The third kappa shape index (κ3) is 3.22. The zero-order chi connectivity index (χ0) is 14.5. The molecule has 0 aliphatic heterocycles. The summed E-state index contributed by atoms with van der Waals surface area (Å²) < 4.78 is 0. The average molecular weight is 276 g/mol. The lowest BCUT2D eigenvalue weighted by atomic mass is 10.1. The zero-order valence-corrected chi connectivity index (χ0v) is 12.3. The number of anilines is 1.